The lowest BCUT2D eigenvalue weighted by Crippen LogP contribution is -1.97. The summed E-state index contributed by atoms with van der Waals surface area (Å²) in [7, 11) is 0. The van der Waals surface area contributed by atoms with Gasteiger partial charge in [-0.2, -0.15) is 5.10 Å². The highest BCUT2D eigenvalue weighted by atomic mass is 35.5. The molecule has 0 bridgehead atoms. The van der Waals surface area contributed by atoms with E-state index >= 15 is 0 Å². The van der Waals surface area contributed by atoms with Crippen molar-refractivity contribution in [2.75, 3.05) is 5.43 Å². The van der Waals surface area contributed by atoms with Gasteiger partial charge in [0.2, 0.25) is 0 Å². The Morgan fingerprint density at radius 1 is 0.897 bits per heavy atom. The van der Waals surface area contributed by atoms with Crippen LogP contribution < -0.4 is 5.43 Å². The van der Waals surface area contributed by atoms with Crippen molar-refractivity contribution in [2.24, 2.45) is 5.10 Å². The van der Waals surface area contributed by atoms with E-state index in [-0.39, 0.29) is 5.56 Å². The first-order chi connectivity index (χ1) is 14.1. The number of hydrogen-bond acceptors (Lipinski definition) is 4. The Kier molecular flexibility index (Phi) is 5.35. The van der Waals surface area contributed by atoms with Crippen LogP contribution in [0.25, 0.3) is 22.4 Å². The van der Waals surface area contributed by atoms with E-state index in [1.165, 1.54) is 24.5 Å². The van der Waals surface area contributed by atoms with Gasteiger partial charge in [-0.15, -0.1) is 0 Å². The standard InChI is InChI=1S/C22H14ClF2N3O/c23-19-5-2-1-4-16(19)15-9-8-14(12-17(15)22-10-11-29-28-22)27-26-13-18-20(24)6-3-7-21(18)25/h1-13,27H. The molecule has 1 N–H and O–H groups in total. The van der Waals surface area contributed by atoms with Crippen molar-refractivity contribution in [3.8, 4) is 22.4 Å². The van der Waals surface area contributed by atoms with E-state index in [9.17, 15) is 8.78 Å². The van der Waals surface area contributed by atoms with E-state index in [1.807, 2.05) is 36.4 Å². The molecule has 4 nitrogen and oxygen atoms in total. The van der Waals surface area contributed by atoms with Crippen molar-refractivity contribution in [3.05, 3.63) is 95.2 Å². The molecule has 0 amide bonds. The van der Waals surface area contributed by atoms with Gasteiger partial charge in [-0.25, -0.2) is 8.78 Å². The van der Waals surface area contributed by atoms with Crippen molar-refractivity contribution in [1.29, 1.82) is 0 Å². The van der Waals surface area contributed by atoms with Crippen LogP contribution in [0, 0.1) is 11.6 Å². The maximum Gasteiger partial charge on any atom is 0.134 e. The largest absolute Gasteiger partial charge is 0.364 e. The second-order valence-corrected chi connectivity index (χ2v) is 6.54. The van der Waals surface area contributed by atoms with Gasteiger partial charge in [0.15, 0.2) is 0 Å². The Labute approximate surface area is 170 Å². The Morgan fingerprint density at radius 2 is 1.69 bits per heavy atom. The zero-order chi connectivity index (χ0) is 20.2. The highest BCUT2D eigenvalue weighted by Gasteiger charge is 2.13. The lowest BCUT2D eigenvalue weighted by Gasteiger charge is -2.11. The fraction of sp³-hybridized carbons (Fsp3) is 0. The van der Waals surface area contributed by atoms with Gasteiger partial charge >= 0.3 is 0 Å². The minimum Gasteiger partial charge on any atom is -0.364 e. The van der Waals surface area contributed by atoms with Gasteiger partial charge in [-0.3, -0.25) is 5.43 Å². The minimum atomic E-state index is -0.687. The molecule has 29 heavy (non-hydrogen) atoms. The maximum absolute atomic E-state index is 13.7. The topological polar surface area (TPSA) is 50.4 Å². The van der Waals surface area contributed by atoms with Crippen molar-refractivity contribution in [2.45, 2.75) is 0 Å². The molecule has 7 heteroatoms. The Bertz CT molecular complexity index is 1160. The number of hydrazone groups is 1. The number of anilines is 1. The average molecular weight is 410 g/mol. The Balaban J connectivity index is 1.69. The summed E-state index contributed by atoms with van der Waals surface area (Å²) in [5.41, 5.74) is 6.26. The molecule has 0 aliphatic carbocycles. The molecule has 144 valence electrons. The zero-order valence-electron chi connectivity index (χ0n) is 14.9. The molecule has 0 saturated carbocycles. The monoisotopic (exact) mass is 409 g/mol. The minimum absolute atomic E-state index is 0.218. The van der Waals surface area contributed by atoms with Crippen LogP contribution in [0.3, 0.4) is 0 Å². The predicted octanol–water partition coefficient (Wildman–Crippen LogP) is 6.39. The lowest BCUT2D eigenvalue weighted by molar-refractivity contribution is 0.422. The van der Waals surface area contributed by atoms with Crippen LogP contribution in [-0.4, -0.2) is 11.4 Å². The first-order valence-electron chi connectivity index (χ1n) is 8.66. The van der Waals surface area contributed by atoms with Gasteiger partial charge in [-0.1, -0.05) is 47.1 Å². The molecule has 1 aromatic heterocycles. The molecule has 0 unspecified atom stereocenters. The molecular formula is C22H14ClF2N3O. The van der Waals surface area contributed by atoms with Gasteiger partial charge in [0, 0.05) is 22.2 Å². The Hall–Kier alpha value is -3.51. The molecule has 1 heterocycles. The number of benzene rings is 3. The predicted molar refractivity (Wildman–Crippen MR) is 110 cm³/mol. The SMILES string of the molecule is Fc1cccc(F)c1C=NNc1ccc(-c2ccccc2Cl)c(-c2ccon2)c1. The van der Waals surface area contributed by atoms with Crippen LogP contribution >= 0.6 is 11.6 Å². The first-order valence-corrected chi connectivity index (χ1v) is 9.04. The molecule has 0 radical (unpaired) electrons. The fourth-order valence-electron chi connectivity index (χ4n) is 2.90. The second kappa shape index (κ2) is 8.24. The van der Waals surface area contributed by atoms with Crippen LogP contribution in [0.15, 0.2) is 82.6 Å². The van der Waals surface area contributed by atoms with Crippen molar-refractivity contribution in [1.82, 2.24) is 5.16 Å². The molecular weight excluding hydrogens is 396 g/mol. The molecule has 0 saturated heterocycles. The normalized spacial score (nSPS) is 11.1. The van der Waals surface area contributed by atoms with Gasteiger partial charge in [0.25, 0.3) is 0 Å². The van der Waals surface area contributed by atoms with Gasteiger partial charge < -0.3 is 4.52 Å². The van der Waals surface area contributed by atoms with Crippen molar-refractivity contribution >= 4 is 23.5 Å². The fourth-order valence-corrected chi connectivity index (χ4v) is 3.13. The molecule has 4 aromatic rings. The summed E-state index contributed by atoms with van der Waals surface area (Å²) in [6.45, 7) is 0. The number of halogens is 3. The summed E-state index contributed by atoms with van der Waals surface area (Å²) in [6, 6.07) is 18.3. The van der Waals surface area contributed by atoms with E-state index in [0.29, 0.717) is 16.4 Å². The second-order valence-electron chi connectivity index (χ2n) is 6.13. The van der Waals surface area contributed by atoms with Crippen LogP contribution in [0.2, 0.25) is 5.02 Å². The number of aromatic nitrogens is 1. The molecule has 0 spiro atoms. The van der Waals surface area contributed by atoms with Crippen molar-refractivity contribution in [3.63, 3.8) is 0 Å². The summed E-state index contributed by atoms with van der Waals surface area (Å²) >= 11 is 6.36. The van der Waals surface area contributed by atoms with Gasteiger partial charge in [0.05, 0.1) is 17.5 Å². The third-order valence-corrected chi connectivity index (χ3v) is 4.61. The zero-order valence-corrected chi connectivity index (χ0v) is 15.7. The number of rotatable bonds is 5. The highest BCUT2D eigenvalue weighted by molar-refractivity contribution is 6.33. The lowest BCUT2D eigenvalue weighted by atomic mass is 9.97. The summed E-state index contributed by atoms with van der Waals surface area (Å²) in [5, 5.41) is 8.56. The number of nitrogens with zero attached hydrogens (tertiary/aromatic N) is 2. The molecule has 4 rings (SSSR count). The quantitative estimate of drug-likeness (QED) is 0.307. The van der Waals surface area contributed by atoms with Crippen molar-refractivity contribution < 1.29 is 13.3 Å². The van der Waals surface area contributed by atoms with Crippen LogP contribution in [0.5, 0.6) is 0 Å². The van der Waals surface area contributed by atoms with Crippen LogP contribution in [-0.2, 0) is 0 Å². The Morgan fingerprint density at radius 3 is 2.41 bits per heavy atom. The first kappa shape index (κ1) is 18.8. The molecule has 0 aliphatic heterocycles. The summed E-state index contributed by atoms with van der Waals surface area (Å²) in [4.78, 5) is 0. The molecule has 0 aliphatic rings. The maximum atomic E-state index is 13.7. The summed E-state index contributed by atoms with van der Waals surface area (Å²) in [5.74, 6) is -1.37. The van der Waals surface area contributed by atoms with Crippen LogP contribution in [0.1, 0.15) is 5.56 Å². The third-order valence-electron chi connectivity index (χ3n) is 4.28. The van der Waals surface area contributed by atoms with E-state index in [4.69, 9.17) is 16.1 Å². The number of nitrogens with one attached hydrogen (secondary N) is 1. The van der Waals surface area contributed by atoms with E-state index in [0.717, 1.165) is 22.9 Å². The average Bonchev–Trinajstić information content (AvgIpc) is 3.25. The van der Waals surface area contributed by atoms with E-state index in [1.54, 1.807) is 12.1 Å². The third kappa shape index (κ3) is 4.02. The van der Waals surface area contributed by atoms with E-state index < -0.39 is 11.6 Å². The summed E-state index contributed by atoms with van der Waals surface area (Å²) < 4.78 is 32.4. The summed E-state index contributed by atoms with van der Waals surface area (Å²) in [6.07, 6.45) is 2.58. The highest BCUT2D eigenvalue weighted by Crippen LogP contribution is 2.37. The van der Waals surface area contributed by atoms with E-state index in [2.05, 4.69) is 15.7 Å². The van der Waals surface area contributed by atoms with Gasteiger partial charge in [0.1, 0.15) is 23.6 Å². The molecule has 3 aromatic carbocycles. The number of hydrogen-bond donors (Lipinski definition) is 1. The van der Waals surface area contributed by atoms with Gasteiger partial charge in [-0.05, 0) is 35.9 Å². The molecule has 0 atom stereocenters. The van der Waals surface area contributed by atoms with Crippen LogP contribution in [0.4, 0.5) is 14.5 Å². The molecule has 0 fully saturated rings. The smallest absolute Gasteiger partial charge is 0.134 e.